The number of benzene rings is 2. The Labute approximate surface area is 180 Å². The van der Waals surface area contributed by atoms with Crippen molar-refractivity contribution in [1.29, 1.82) is 0 Å². The van der Waals surface area contributed by atoms with Crippen molar-refractivity contribution in [3.63, 3.8) is 0 Å². The van der Waals surface area contributed by atoms with Gasteiger partial charge in [0.05, 0.1) is 5.33 Å². The standard InChI is InChI=1S/C9H7BrO3.C9H8O3.Br2/c10-4-7(11)6-1-2-8-9(3-6)13-5-12-8;1-6(10)7-2-3-8-9(4-7)12-5-11-8;1-2/h1-3H,4-5H2;2-4H,5H2,1H3;. The molecule has 4 rings (SSSR count). The van der Waals surface area contributed by atoms with Crippen LogP contribution in [-0.2, 0) is 0 Å². The second kappa shape index (κ2) is 10.7. The Morgan fingerprint density at radius 3 is 1.74 bits per heavy atom. The van der Waals surface area contributed by atoms with Crippen LogP contribution >= 0.6 is 44.2 Å². The van der Waals surface area contributed by atoms with Crippen LogP contribution in [0.5, 0.6) is 23.0 Å². The van der Waals surface area contributed by atoms with E-state index in [2.05, 4.69) is 44.2 Å². The van der Waals surface area contributed by atoms with Crippen LogP contribution in [0.3, 0.4) is 0 Å². The van der Waals surface area contributed by atoms with Crippen molar-refractivity contribution in [2.45, 2.75) is 6.92 Å². The first-order chi connectivity index (χ1) is 13.1. The molecule has 0 radical (unpaired) electrons. The number of alkyl halides is 1. The number of hydrogen-bond donors (Lipinski definition) is 0. The van der Waals surface area contributed by atoms with Crippen LogP contribution in [0, 0.1) is 0 Å². The van der Waals surface area contributed by atoms with Gasteiger partial charge in [-0.05, 0) is 43.3 Å². The highest BCUT2D eigenvalue weighted by Gasteiger charge is 2.15. The summed E-state index contributed by atoms with van der Waals surface area (Å²) in [5.74, 6) is 2.78. The van der Waals surface area contributed by atoms with Gasteiger partial charge in [0.2, 0.25) is 13.6 Å². The number of ether oxygens (including phenoxy) is 4. The van der Waals surface area contributed by atoms with E-state index >= 15 is 0 Å². The highest BCUT2D eigenvalue weighted by atomic mass is 80.9. The van der Waals surface area contributed by atoms with E-state index in [1.54, 1.807) is 36.4 Å². The van der Waals surface area contributed by atoms with Crippen LogP contribution < -0.4 is 18.9 Å². The van der Waals surface area contributed by atoms with Crippen molar-refractivity contribution in [3.8, 4) is 23.0 Å². The van der Waals surface area contributed by atoms with Crippen LogP contribution in [0.2, 0.25) is 0 Å². The molecule has 0 fully saturated rings. The van der Waals surface area contributed by atoms with Gasteiger partial charge in [0.1, 0.15) is 0 Å². The van der Waals surface area contributed by atoms with E-state index in [4.69, 9.17) is 18.9 Å². The number of fused-ring (bicyclic) bond motifs is 2. The fourth-order valence-electron chi connectivity index (χ4n) is 2.26. The van der Waals surface area contributed by atoms with Crippen LogP contribution in [0.15, 0.2) is 36.4 Å². The van der Waals surface area contributed by atoms with Gasteiger partial charge in [0.15, 0.2) is 34.6 Å². The Morgan fingerprint density at radius 2 is 1.26 bits per heavy atom. The third-order valence-electron chi connectivity index (χ3n) is 3.60. The lowest BCUT2D eigenvalue weighted by Gasteiger charge is -1.98. The van der Waals surface area contributed by atoms with E-state index in [1.807, 2.05) is 0 Å². The SMILES string of the molecule is BrBr.CC(=O)c1ccc2c(c1)OCO2.O=C(CBr)c1ccc2c(c1)OCO2. The molecular formula is C18H15Br3O6. The van der Waals surface area contributed by atoms with E-state index in [9.17, 15) is 9.59 Å². The summed E-state index contributed by atoms with van der Waals surface area (Å²) in [6, 6.07) is 10.4. The molecule has 0 atom stereocenters. The molecule has 2 aliphatic rings. The minimum atomic E-state index is 0.0355. The Bertz CT molecular complexity index is 825. The monoisotopic (exact) mass is 564 g/mol. The van der Waals surface area contributed by atoms with Gasteiger partial charge in [-0.2, -0.15) is 0 Å². The summed E-state index contributed by atoms with van der Waals surface area (Å²) >= 11 is 8.61. The van der Waals surface area contributed by atoms with E-state index in [0.29, 0.717) is 39.5 Å². The van der Waals surface area contributed by atoms with Gasteiger partial charge in [-0.25, -0.2) is 0 Å². The molecule has 2 heterocycles. The highest BCUT2D eigenvalue weighted by Crippen LogP contribution is 2.33. The quantitative estimate of drug-likeness (QED) is 0.371. The van der Waals surface area contributed by atoms with Crippen molar-refractivity contribution in [3.05, 3.63) is 47.5 Å². The number of ketones is 2. The van der Waals surface area contributed by atoms with Gasteiger partial charge < -0.3 is 18.9 Å². The van der Waals surface area contributed by atoms with Gasteiger partial charge in [-0.15, -0.1) is 0 Å². The van der Waals surface area contributed by atoms with Crippen molar-refractivity contribution >= 4 is 55.8 Å². The molecule has 6 nitrogen and oxygen atoms in total. The smallest absolute Gasteiger partial charge is 0.231 e. The molecule has 27 heavy (non-hydrogen) atoms. The number of carbonyl (C=O) groups is 2. The summed E-state index contributed by atoms with van der Waals surface area (Å²) < 4.78 is 20.5. The molecule has 0 N–H and O–H groups in total. The summed E-state index contributed by atoms with van der Waals surface area (Å²) in [4.78, 5) is 22.2. The molecule has 0 unspecified atom stereocenters. The van der Waals surface area contributed by atoms with Crippen molar-refractivity contribution in [2.24, 2.45) is 0 Å². The predicted octanol–water partition coefficient (Wildman–Crippen LogP) is 5.30. The molecule has 0 amide bonds. The molecule has 0 aromatic heterocycles. The first-order valence-corrected chi connectivity index (χ1v) is 12.5. The lowest BCUT2D eigenvalue weighted by Crippen LogP contribution is -1.99. The average molecular weight is 567 g/mol. The third kappa shape index (κ3) is 5.70. The largest absolute Gasteiger partial charge is 0.454 e. The zero-order chi connectivity index (χ0) is 19.8. The Morgan fingerprint density at radius 1 is 0.815 bits per heavy atom. The van der Waals surface area contributed by atoms with Crippen LogP contribution in [0.1, 0.15) is 27.6 Å². The molecule has 0 saturated heterocycles. The lowest BCUT2D eigenvalue weighted by atomic mass is 10.1. The Hall–Kier alpha value is -1.58. The van der Waals surface area contributed by atoms with Gasteiger partial charge in [0, 0.05) is 39.4 Å². The third-order valence-corrected chi connectivity index (χ3v) is 4.10. The summed E-state index contributed by atoms with van der Waals surface area (Å²) in [5.41, 5.74) is 1.29. The molecular weight excluding hydrogens is 552 g/mol. The average Bonchev–Trinajstić information content (AvgIpc) is 3.37. The van der Waals surface area contributed by atoms with Gasteiger partial charge in [-0.1, -0.05) is 15.9 Å². The van der Waals surface area contributed by atoms with Gasteiger partial charge in [0.25, 0.3) is 0 Å². The predicted molar refractivity (Wildman–Crippen MR) is 111 cm³/mol. The maximum Gasteiger partial charge on any atom is 0.231 e. The summed E-state index contributed by atoms with van der Waals surface area (Å²) in [5, 5.41) is 0.326. The van der Waals surface area contributed by atoms with Crippen LogP contribution in [-0.4, -0.2) is 30.5 Å². The zero-order valence-electron chi connectivity index (χ0n) is 14.2. The van der Waals surface area contributed by atoms with Crippen molar-refractivity contribution in [1.82, 2.24) is 0 Å². The zero-order valence-corrected chi connectivity index (χ0v) is 18.9. The van der Waals surface area contributed by atoms with Gasteiger partial charge >= 0.3 is 0 Å². The van der Waals surface area contributed by atoms with Gasteiger partial charge in [-0.3, -0.25) is 9.59 Å². The second-order valence-electron chi connectivity index (χ2n) is 5.25. The first kappa shape index (κ1) is 21.7. The molecule has 2 aromatic carbocycles. The Balaban J connectivity index is 0.000000178. The van der Waals surface area contributed by atoms with E-state index in [0.717, 1.165) is 0 Å². The minimum absolute atomic E-state index is 0.0355. The topological polar surface area (TPSA) is 71.1 Å². The molecule has 0 spiro atoms. The van der Waals surface area contributed by atoms with E-state index in [1.165, 1.54) is 6.92 Å². The van der Waals surface area contributed by atoms with E-state index < -0.39 is 0 Å². The van der Waals surface area contributed by atoms with Crippen LogP contribution in [0.4, 0.5) is 0 Å². The maximum atomic E-state index is 11.3. The van der Waals surface area contributed by atoms with Crippen molar-refractivity contribution < 1.29 is 28.5 Å². The fraction of sp³-hybridized carbons (Fsp3) is 0.222. The molecule has 9 heteroatoms. The minimum Gasteiger partial charge on any atom is -0.454 e. The highest BCUT2D eigenvalue weighted by molar-refractivity contribution is 9.93. The number of rotatable bonds is 3. The fourth-order valence-corrected chi connectivity index (χ4v) is 2.59. The summed E-state index contributed by atoms with van der Waals surface area (Å²) in [6.45, 7) is 2.01. The summed E-state index contributed by atoms with van der Waals surface area (Å²) in [6.07, 6.45) is 0. The number of carbonyl (C=O) groups excluding carboxylic acids is 2. The van der Waals surface area contributed by atoms with Crippen molar-refractivity contribution in [2.75, 3.05) is 18.9 Å². The number of Topliss-reactive ketones (excluding diaryl/α,β-unsaturated/α-hetero) is 2. The summed E-state index contributed by atoms with van der Waals surface area (Å²) in [7, 11) is 0. The second-order valence-corrected chi connectivity index (χ2v) is 5.81. The van der Waals surface area contributed by atoms with Crippen LogP contribution in [0.25, 0.3) is 0 Å². The molecule has 2 aliphatic heterocycles. The molecule has 2 aromatic rings. The lowest BCUT2D eigenvalue weighted by molar-refractivity contribution is 0.101. The molecule has 0 aliphatic carbocycles. The normalized spacial score (nSPS) is 12.3. The number of hydrogen-bond acceptors (Lipinski definition) is 6. The molecule has 0 saturated carbocycles. The first-order valence-electron chi connectivity index (χ1n) is 7.62. The molecule has 144 valence electrons. The maximum absolute atomic E-state index is 11.3. The molecule has 0 bridgehead atoms. The Kier molecular flexibility index (Phi) is 8.59. The number of halogens is 3. The van der Waals surface area contributed by atoms with E-state index in [-0.39, 0.29) is 25.2 Å².